The molecular formula is C22H24ClN3O2. The summed E-state index contributed by atoms with van der Waals surface area (Å²) in [5.41, 5.74) is 4.48. The van der Waals surface area contributed by atoms with E-state index in [1.807, 2.05) is 70.4 Å². The maximum Gasteiger partial charge on any atom is 0.251 e. The average Bonchev–Trinajstić information content (AvgIpc) is 3.01. The van der Waals surface area contributed by atoms with E-state index in [1.54, 1.807) is 10.7 Å². The van der Waals surface area contributed by atoms with Crippen LogP contribution in [-0.2, 0) is 13.7 Å². The van der Waals surface area contributed by atoms with Gasteiger partial charge in [0.05, 0.1) is 16.8 Å². The third-order valence-corrected chi connectivity index (χ3v) is 4.85. The quantitative estimate of drug-likeness (QED) is 0.652. The van der Waals surface area contributed by atoms with Crippen LogP contribution in [0.5, 0.6) is 5.75 Å². The number of carbonyl (C=O) groups is 1. The minimum Gasteiger partial charge on any atom is -0.487 e. The van der Waals surface area contributed by atoms with Crippen LogP contribution in [0.25, 0.3) is 0 Å². The lowest BCUT2D eigenvalue weighted by molar-refractivity contribution is 0.0939. The molecule has 1 heterocycles. The summed E-state index contributed by atoms with van der Waals surface area (Å²) in [6, 6.07) is 12.9. The lowest BCUT2D eigenvalue weighted by Crippen LogP contribution is -2.27. The molecule has 1 unspecified atom stereocenters. The van der Waals surface area contributed by atoms with Crippen molar-refractivity contribution in [2.24, 2.45) is 7.05 Å². The van der Waals surface area contributed by atoms with Crippen molar-refractivity contribution in [1.29, 1.82) is 0 Å². The zero-order chi connectivity index (χ0) is 20.3. The standard InChI is InChI=1S/C22H24ClN3O2/c1-14-8-9-20(23)21(10-14)28-13-17-6-5-7-18(11-17)22(27)24-15(2)19-12-26(4)25-16(19)3/h5-12,15H,13H2,1-4H3,(H,24,27). The maximum absolute atomic E-state index is 12.7. The third kappa shape index (κ3) is 4.73. The Labute approximate surface area is 170 Å². The molecule has 1 amide bonds. The molecule has 1 aromatic heterocycles. The Morgan fingerprint density at radius 1 is 1.25 bits per heavy atom. The van der Waals surface area contributed by atoms with Crippen LogP contribution in [0.15, 0.2) is 48.7 Å². The summed E-state index contributed by atoms with van der Waals surface area (Å²) in [5, 5.41) is 7.93. The molecule has 5 nitrogen and oxygen atoms in total. The molecule has 0 aliphatic rings. The van der Waals surface area contributed by atoms with Gasteiger partial charge in [-0.25, -0.2) is 0 Å². The fourth-order valence-corrected chi connectivity index (χ4v) is 3.26. The van der Waals surface area contributed by atoms with Crippen LogP contribution in [0.4, 0.5) is 0 Å². The summed E-state index contributed by atoms with van der Waals surface area (Å²) < 4.78 is 7.58. The van der Waals surface area contributed by atoms with Gasteiger partial charge in [-0.05, 0) is 56.2 Å². The molecule has 0 spiro atoms. The van der Waals surface area contributed by atoms with Gasteiger partial charge in [0.2, 0.25) is 0 Å². The molecule has 3 rings (SSSR count). The van der Waals surface area contributed by atoms with Gasteiger partial charge in [-0.2, -0.15) is 5.10 Å². The van der Waals surface area contributed by atoms with Crippen molar-refractivity contribution >= 4 is 17.5 Å². The summed E-state index contributed by atoms with van der Waals surface area (Å²) in [6.07, 6.45) is 1.93. The van der Waals surface area contributed by atoms with E-state index in [4.69, 9.17) is 16.3 Å². The van der Waals surface area contributed by atoms with Crippen molar-refractivity contribution in [1.82, 2.24) is 15.1 Å². The van der Waals surface area contributed by atoms with Crippen LogP contribution in [0.3, 0.4) is 0 Å². The van der Waals surface area contributed by atoms with Gasteiger partial charge >= 0.3 is 0 Å². The van der Waals surface area contributed by atoms with Crippen LogP contribution in [0, 0.1) is 13.8 Å². The molecule has 2 aromatic carbocycles. The Hall–Kier alpha value is -2.79. The van der Waals surface area contributed by atoms with Gasteiger partial charge in [-0.1, -0.05) is 29.8 Å². The number of aryl methyl sites for hydroxylation is 3. The molecule has 0 saturated heterocycles. The highest BCUT2D eigenvalue weighted by molar-refractivity contribution is 6.32. The summed E-state index contributed by atoms with van der Waals surface area (Å²) >= 11 is 6.18. The van der Waals surface area contributed by atoms with Gasteiger partial charge in [0.25, 0.3) is 5.91 Å². The smallest absolute Gasteiger partial charge is 0.251 e. The first-order valence-corrected chi connectivity index (χ1v) is 9.50. The molecule has 0 aliphatic heterocycles. The van der Waals surface area contributed by atoms with E-state index >= 15 is 0 Å². The zero-order valence-corrected chi connectivity index (χ0v) is 17.2. The first-order chi connectivity index (χ1) is 13.3. The summed E-state index contributed by atoms with van der Waals surface area (Å²) in [4.78, 5) is 12.7. The summed E-state index contributed by atoms with van der Waals surface area (Å²) in [6.45, 7) is 6.21. The summed E-state index contributed by atoms with van der Waals surface area (Å²) in [7, 11) is 1.87. The van der Waals surface area contributed by atoms with Crippen molar-refractivity contribution in [2.75, 3.05) is 0 Å². The lowest BCUT2D eigenvalue weighted by atomic mass is 10.1. The molecule has 3 aromatic rings. The number of ether oxygens (including phenoxy) is 1. The number of nitrogens with one attached hydrogen (secondary N) is 1. The van der Waals surface area contributed by atoms with Crippen molar-refractivity contribution in [3.05, 3.63) is 81.6 Å². The van der Waals surface area contributed by atoms with Crippen molar-refractivity contribution in [3.63, 3.8) is 0 Å². The van der Waals surface area contributed by atoms with E-state index in [-0.39, 0.29) is 11.9 Å². The van der Waals surface area contributed by atoms with Crippen molar-refractivity contribution in [3.8, 4) is 5.75 Å². The highest BCUT2D eigenvalue weighted by Crippen LogP contribution is 2.26. The van der Waals surface area contributed by atoms with Gasteiger partial charge in [0, 0.05) is 24.4 Å². The first-order valence-electron chi connectivity index (χ1n) is 9.12. The molecule has 0 aliphatic carbocycles. The van der Waals surface area contributed by atoms with Crippen LogP contribution >= 0.6 is 11.6 Å². The monoisotopic (exact) mass is 397 g/mol. The predicted octanol–water partition coefficient (Wildman–Crippen LogP) is 4.76. The minimum atomic E-state index is -0.133. The molecule has 0 bridgehead atoms. The van der Waals surface area contributed by atoms with E-state index in [1.165, 1.54) is 0 Å². The molecule has 1 N–H and O–H groups in total. The van der Waals surface area contributed by atoms with E-state index in [9.17, 15) is 4.79 Å². The highest BCUT2D eigenvalue weighted by atomic mass is 35.5. The number of rotatable bonds is 6. The van der Waals surface area contributed by atoms with Crippen molar-refractivity contribution < 1.29 is 9.53 Å². The van der Waals surface area contributed by atoms with E-state index in [0.29, 0.717) is 22.9 Å². The third-order valence-electron chi connectivity index (χ3n) is 4.54. The second-order valence-electron chi connectivity index (χ2n) is 6.96. The van der Waals surface area contributed by atoms with Gasteiger partial charge in [-0.15, -0.1) is 0 Å². The number of aromatic nitrogens is 2. The molecule has 0 radical (unpaired) electrons. The van der Waals surface area contributed by atoms with E-state index < -0.39 is 0 Å². The first kappa shape index (κ1) is 20.0. The lowest BCUT2D eigenvalue weighted by Gasteiger charge is -2.14. The Balaban J connectivity index is 1.67. The Kier molecular flexibility index (Phi) is 6.05. The fraction of sp³-hybridized carbons (Fsp3) is 0.273. The summed E-state index contributed by atoms with van der Waals surface area (Å²) in [5.74, 6) is 0.503. The van der Waals surface area contributed by atoms with Gasteiger partial charge in [0.15, 0.2) is 0 Å². The number of carbonyl (C=O) groups excluding carboxylic acids is 1. The van der Waals surface area contributed by atoms with Crippen LogP contribution in [-0.4, -0.2) is 15.7 Å². The van der Waals surface area contributed by atoms with Gasteiger partial charge < -0.3 is 10.1 Å². The maximum atomic E-state index is 12.7. The number of benzene rings is 2. The molecule has 146 valence electrons. The fourth-order valence-electron chi connectivity index (χ4n) is 3.09. The second kappa shape index (κ2) is 8.48. The molecule has 28 heavy (non-hydrogen) atoms. The molecule has 0 fully saturated rings. The Bertz CT molecular complexity index is 997. The van der Waals surface area contributed by atoms with E-state index in [2.05, 4.69) is 10.4 Å². The van der Waals surface area contributed by atoms with E-state index in [0.717, 1.165) is 22.4 Å². The predicted molar refractivity (Wildman–Crippen MR) is 111 cm³/mol. The van der Waals surface area contributed by atoms with Crippen molar-refractivity contribution in [2.45, 2.75) is 33.4 Å². The number of nitrogens with zero attached hydrogens (tertiary/aromatic N) is 2. The SMILES string of the molecule is Cc1ccc(Cl)c(OCc2cccc(C(=O)NC(C)c3cn(C)nc3C)c2)c1. The Morgan fingerprint density at radius 2 is 2.04 bits per heavy atom. The molecule has 1 atom stereocenters. The van der Waals surface area contributed by atoms with Crippen LogP contribution in [0.1, 0.15) is 45.7 Å². The number of hydrogen-bond acceptors (Lipinski definition) is 3. The van der Waals surface area contributed by atoms with Crippen LogP contribution < -0.4 is 10.1 Å². The topological polar surface area (TPSA) is 56.1 Å². The molecular weight excluding hydrogens is 374 g/mol. The van der Waals surface area contributed by atoms with Gasteiger partial charge in [-0.3, -0.25) is 9.48 Å². The van der Waals surface area contributed by atoms with Crippen LogP contribution in [0.2, 0.25) is 5.02 Å². The Morgan fingerprint density at radius 3 is 2.75 bits per heavy atom. The molecule has 6 heteroatoms. The second-order valence-corrected chi connectivity index (χ2v) is 7.37. The zero-order valence-electron chi connectivity index (χ0n) is 16.5. The number of halogens is 1. The minimum absolute atomic E-state index is 0.132. The average molecular weight is 398 g/mol. The molecule has 0 saturated carbocycles. The normalized spacial score (nSPS) is 11.9. The highest BCUT2D eigenvalue weighted by Gasteiger charge is 2.15. The number of amides is 1. The number of hydrogen-bond donors (Lipinski definition) is 1. The largest absolute Gasteiger partial charge is 0.487 e. The van der Waals surface area contributed by atoms with Gasteiger partial charge in [0.1, 0.15) is 12.4 Å².